The average molecular weight is 342 g/mol. The zero-order valence-electron chi connectivity index (χ0n) is 7.81. The largest absolute Gasteiger partial charge is 0.293 e. The minimum Gasteiger partial charge on any atom is -0.293 e. The van der Waals surface area contributed by atoms with Gasteiger partial charge in [-0.05, 0) is 22.9 Å². The van der Waals surface area contributed by atoms with Gasteiger partial charge in [0.05, 0.1) is 4.83 Å². The molecule has 0 spiro atoms. The van der Waals surface area contributed by atoms with E-state index >= 15 is 0 Å². The first-order chi connectivity index (χ1) is 6.95. The van der Waals surface area contributed by atoms with Gasteiger partial charge in [-0.25, -0.2) is 8.78 Å². The van der Waals surface area contributed by atoms with E-state index in [2.05, 4.69) is 31.9 Å². The van der Waals surface area contributed by atoms with E-state index in [1.54, 1.807) is 6.92 Å². The van der Waals surface area contributed by atoms with Gasteiger partial charge in [-0.1, -0.05) is 34.1 Å². The van der Waals surface area contributed by atoms with Crippen molar-refractivity contribution in [1.29, 1.82) is 0 Å². The molecule has 1 nitrogen and oxygen atoms in total. The van der Waals surface area contributed by atoms with E-state index in [1.807, 2.05) is 0 Å². The van der Waals surface area contributed by atoms with Gasteiger partial charge < -0.3 is 0 Å². The fourth-order valence-electron chi connectivity index (χ4n) is 1.12. The van der Waals surface area contributed by atoms with Gasteiger partial charge in [0.2, 0.25) is 0 Å². The van der Waals surface area contributed by atoms with E-state index < -0.39 is 6.43 Å². The molecule has 5 heteroatoms. The molecule has 0 radical (unpaired) electrons. The zero-order chi connectivity index (χ0) is 11.6. The van der Waals surface area contributed by atoms with Crippen molar-refractivity contribution in [2.24, 2.45) is 0 Å². The van der Waals surface area contributed by atoms with Gasteiger partial charge in [0.15, 0.2) is 5.78 Å². The van der Waals surface area contributed by atoms with E-state index in [-0.39, 0.29) is 26.2 Å². The Morgan fingerprint density at radius 3 is 2.47 bits per heavy atom. The van der Waals surface area contributed by atoms with Crippen LogP contribution in [0.1, 0.15) is 29.3 Å². The number of carbonyl (C=O) groups is 1. The molecule has 0 fully saturated rings. The molecule has 0 amide bonds. The summed E-state index contributed by atoms with van der Waals surface area (Å²) in [6, 6.07) is 4.27. The molecule has 0 saturated carbocycles. The minimum absolute atomic E-state index is 0.158. The standard InChI is InChI=1S/C10H8Br2F2O/c1-5(11)9(15)6-3-2-4-7(8(6)12)10(13)14/h2-5,10H,1H3. The molecule has 0 N–H and O–H groups in total. The molecule has 0 aliphatic rings. The van der Waals surface area contributed by atoms with Crippen LogP contribution in [0.2, 0.25) is 0 Å². The first-order valence-electron chi connectivity index (χ1n) is 4.20. The predicted molar refractivity (Wildman–Crippen MR) is 61.8 cm³/mol. The second-order valence-corrected chi connectivity index (χ2v) is 5.16. The van der Waals surface area contributed by atoms with Crippen LogP contribution in [0.15, 0.2) is 22.7 Å². The van der Waals surface area contributed by atoms with Crippen LogP contribution in [0, 0.1) is 0 Å². The van der Waals surface area contributed by atoms with Gasteiger partial charge >= 0.3 is 0 Å². The van der Waals surface area contributed by atoms with Crippen LogP contribution in [0.3, 0.4) is 0 Å². The highest BCUT2D eigenvalue weighted by Gasteiger charge is 2.20. The monoisotopic (exact) mass is 340 g/mol. The van der Waals surface area contributed by atoms with Gasteiger partial charge in [-0.3, -0.25) is 4.79 Å². The molecule has 0 heterocycles. The Balaban J connectivity index is 3.21. The predicted octanol–water partition coefficient (Wildman–Crippen LogP) is 4.35. The molecule has 0 aromatic heterocycles. The maximum absolute atomic E-state index is 12.5. The molecule has 1 aromatic rings. The van der Waals surface area contributed by atoms with E-state index in [1.165, 1.54) is 18.2 Å². The Kier molecular flexibility index (Phi) is 4.40. The number of alkyl halides is 3. The van der Waals surface area contributed by atoms with E-state index in [0.29, 0.717) is 0 Å². The van der Waals surface area contributed by atoms with Crippen molar-refractivity contribution in [3.05, 3.63) is 33.8 Å². The third-order valence-corrected chi connectivity index (χ3v) is 3.19. The smallest absolute Gasteiger partial charge is 0.264 e. The SMILES string of the molecule is CC(Br)C(=O)c1cccc(C(F)F)c1Br. The topological polar surface area (TPSA) is 17.1 Å². The van der Waals surface area contributed by atoms with Crippen molar-refractivity contribution in [3.63, 3.8) is 0 Å². The number of hydrogen-bond donors (Lipinski definition) is 0. The van der Waals surface area contributed by atoms with Gasteiger partial charge in [-0.2, -0.15) is 0 Å². The maximum Gasteiger partial charge on any atom is 0.264 e. The van der Waals surface area contributed by atoms with Crippen LogP contribution >= 0.6 is 31.9 Å². The van der Waals surface area contributed by atoms with Crippen LogP contribution in [-0.2, 0) is 0 Å². The normalized spacial score (nSPS) is 12.9. The number of benzene rings is 1. The van der Waals surface area contributed by atoms with Crippen molar-refractivity contribution in [3.8, 4) is 0 Å². The van der Waals surface area contributed by atoms with Crippen LogP contribution in [-0.4, -0.2) is 10.6 Å². The van der Waals surface area contributed by atoms with Crippen molar-refractivity contribution in [1.82, 2.24) is 0 Å². The summed E-state index contributed by atoms with van der Waals surface area (Å²) in [6.45, 7) is 1.66. The van der Waals surface area contributed by atoms with E-state index in [4.69, 9.17) is 0 Å². The first kappa shape index (κ1) is 12.8. The van der Waals surface area contributed by atoms with Crippen molar-refractivity contribution >= 4 is 37.6 Å². The quantitative estimate of drug-likeness (QED) is 0.590. The number of halogens is 4. The summed E-state index contributed by atoms with van der Waals surface area (Å²) in [5.41, 5.74) is 0.117. The second kappa shape index (κ2) is 5.16. The molecule has 1 atom stereocenters. The highest BCUT2D eigenvalue weighted by Crippen LogP contribution is 2.31. The number of Topliss-reactive ketones (excluding diaryl/α,β-unsaturated/α-hetero) is 1. The lowest BCUT2D eigenvalue weighted by Crippen LogP contribution is -2.11. The van der Waals surface area contributed by atoms with Gasteiger partial charge in [0.1, 0.15) is 0 Å². The summed E-state index contributed by atoms with van der Waals surface area (Å²) in [5, 5.41) is 0. The molecule has 1 rings (SSSR count). The first-order valence-corrected chi connectivity index (χ1v) is 5.91. The molecule has 0 aliphatic heterocycles. The Labute approximate surface area is 103 Å². The van der Waals surface area contributed by atoms with Gasteiger partial charge in [-0.15, -0.1) is 0 Å². The summed E-state index contributed by atoms with van der Waals surface area (Å²) in [4.78, 5) is 11.2. The Hall–Kier alpha value is -0.290. The van der Waals surface area contributed by atoms with E-state index in [9.17, 15) is 13.6 Å². The fourth-order valence-corrected chi connectivity index (χ4v) is 2.00. The highest BCUT2D eigenvalue weighted by molar-refractivity contribution is 9.10. The fraction of sp³-hybridized carbons (Fsp3) is 0.300. The van der Waals surface area contributed by atoms with E-state index in [0.717, 1.165) is 0 Å². The number of hydrogen-bond acceptors (Lipinski definition) is 1. The highest BCUT2D eigenvalue weighted by atomic mass is 79.9. The van der Waals surface area contributed by atoms with Crippen LogP contribution in [0.4, 0.5) is 8.78 Å². The summed E-state index contributed by atoms with van der Waals surface area (Å²) >= 11 is 6.14. The number of rotatable bonds is 3. The average Bonchev–Trinajstić information content (AvgIpc) is 2.16. The zero-order valence-corrected chi connectivity index (χ0v) is 11.0. The summed E-state index contributed by atoms with van der Waals surface area (Å²) < 4.78 is 25.2. The third-order valence-electron chi connectivity index (χ3n) is 1.89. The van der Waals surface area contributed by atoms with Gasteiger partial charge in [0, 0.05) is 15.6 Å². The molecule has 82 valence electrons. The summed E-state index contributed by atoms with van der Waals surface area (Å²) in [7, 11) is 0. The maximum atomic E-state index is 12.5. The second-order valence-electron chi connectivity index (χ2n) is 2.99. The van der Waals surface area contributed by atoms with Gasteiger partial charge in [0.25, 0.3) is 6.43 Å². The molecular formula is C10H8Br2F2O. The Bertz CT molecular complexity index is 378. The number of carbonyl (C=O) groups excluding carboxylic acids is 1. The Morgan fingerprint density at radius 1 is 1.40 bits per heavy atom. The molecule has 15 heavy (non-hydrogen) atoms. The molecular weight excluding hydrogens is 334 g/mol. The van der Waals surface area contributed by atoms with Crippen molar-refractivity contribution in [2.45, 2.75) is 18.2 Å². The molecule has 1 aromatic carbocycles. The molecule has 0 saturated heterocycles. The summed E-state index contributed by atoms with van der Waals surface area (Å²) in [6.07, 6.45) is -2.59. The molecule has 0 bridgehead atoms. The van der Waals surface area contributed by atoms with Crippen LogP contribution in [0.25, 0.3) is 0 Å². The number of ketones is 1. The van der Waals surface area contributed by atoms with Crippen molar-refractivity contribution in [2.75, 3.05) is 0 Å². The lowest BCUT2D eigenvalue weighted by atomic mass is 10.1. The minimum atomic E-state index is -2.59. The molecule has 0 aliphatic carbocycles. The van der Waals surface area contributed by atoms with Crippen LogP contribution in [0.5, 0.6) is 0 Å². The lowest BCUT2D eigenvalue weighted by Gasteiger charge is -2.09. The van der Waals surface area contributed by atoms with Crippen molar-refractivity contribution < 1.29 is 13.6 Å². The summed E-state index contributed by atoms with van der Waals surface area (Å²) in [5.74, 6) is -0.218. The third kappa shape index (κ3) is 2.84. The lowest BCUT2D eigenvalue weighted by molar-refractivity contribution is 0.0994. The molecule has 1 unspecified atom stereocenters. The van der Waals surface area contributed by atoms with Crippen LogP contribution < -0.4 is 0 Å². The Morgan fingerprint density at radius 2 is 2.00 bits per heavy atom.